The van der Waals surface area contributed by atoms with Crippen LogP contribution in [0, 0.1) is 5.41 Å². The van der Waals surface area contributed by atoms with Crippen molar-refractivity contribution in [2.75, 3.05) is 4.90 Å². The predicted octanol–water partition coefficient (Wildman–Crippen LogP) is 10.3. The fourth-order valence-corrected chi connectivity index (χ4v) is 7.04. The van der Waals surface area contributed by atoms with E-state index in [4.69, 9.17) is 4.98 Å². The van der Waals surface area contributed by atoms with Crippen LogP contribution in [0.25, 0.3) is 39.2 Å². The third-order valence-electron chi connectivity index (χ3n) is 8.82. The second-order valence-electron chi connectivity index (χ2n) is 11.8. The van der Waals surface area contributed by atoms with E-state index in [2.05, 4.69) is 145 Å². The first-order valence-corrected chi connectivity index (χ1v) is 15.1. The lowest BCUT2D eigenvalue weighted by Gasteiger charge is -2.36. The van der Waals surface area contributed by atoms with E-state index < -0.39 is 0 Å². The molecular formula is C41H31N3. The van der Waals surface area contributed by atoms with Crippen molar-refractivity contribution in [1.82, 2.24) is 9.97 Å². The Morgan fingerprint density at radius 2 is 1.11 bits per heavy atom. The zero-order chi connectivity index (χ0) is 29.7. The Kier molecular flexibility index (Phi) is 6.13. The zero-order valence-electron chi connectivity index (χ0n) is 24.8. The van der Waals surface area contributed by atoms with E-state index in [1.807, 2.05) is 30.5 Å². The molecule has 4 aromatic carbocycles. The van der Waals surface area contributed by atoms with Gasteiger partial charge in [0.05, 0.1) is 17.1 Å². The lowest BCUT2D eigenvalue weighted by molar-refractivity contribution is 0.600. The summed E-state index contributed by atoms with van der Waals surface area (Å²) in [4.78, 5) is 12.3. The standard InChI is InChI=1S/C41H31N3/c1-41(2)39(29-18-7-4-8-19-29)37(28-16-5-3-6-17-28)38-32-22-10-9-20-30(32)31-21-11-12-25-35(31)44(40(38)41)36-26-15-24-34(43-36)33-23-13-14-27-42-33/h3-27H,1-2H3. The SMILES string of the molecule is CC1(C)C(c2ccccc2)=C(c2ccccc2)C2=C1N(c1cccc(-c3ccccn3)n1)c1ccccc1-c1ccccc12. The van der Waals surface area contributed by atoms with Crippen molar-refractivity contribution < 1.29 is 0 Å². The normalized spacial score (nSPS) is 15.0. The van der Waals surface area contributed by atoms with Gasteiger partial charge in [-0.3, -0.25) is 9.88 Å². The molecule has 1 aliphatic carbocycles. The molecule has 0 N–H and O–H groups in total. The van der Waals surface area contributed by atoms with E-state index in [9.17, 15) is 0 Å². The van der Waals surface area contributed by atoms with Crippen LogP contribution >= 0.6 is 0 Å². The van der Waals surface area contributed by atoms with Crippen LogP contribution < -0.4 is 4.90 Å². The summed E-state index contributed by atoms with van der Waals surface area (Å²) in [5, 5.41) is 0. The Labute approximate surface area is 258 Å². The predicted molar refractivity (Wildman–Crippen MR) is 182 cm³/mol. The highest BCUT2D eigenvalue weighted by atomic mass is 15.2. The number of nitrogens with zero attached hydrogens (tertiary/aromatic N) is 3. The monoisotopic (exact) mass is 565 g/mol. The van der Waals surface area contributed by atoms with Gasteiger partial charge in [-0.05, 0) is 63.7 Å². The van der Waals surface area contributed by atoms with E-state index in [0.29, 0.717) is 0 Å². The van der Waals surface area contributed by atoms with Crippen LogP contribution in [0.1, 0.15) is 30.5 Å². The molecule has 2 aromatic heterocycles. The average molecular weight is 566 g/mol. The van der Waals surface area contributed by atoms with Crippen LogP contribution in [0.3, 0.4) is 0 Å². The van der Waals surface area contributed by atoms with Gasteiger partial charge in [-0.2, -0.15) is 0 Å². The molecule has 8 rings (SSSR count). The van der Waals surface area contributed by atoms with Gasteiger partial charge in [-0.1, -0.05) is 129 Å². The Bertz CT molecular complexity index is 2070. The molecule has 0 bridgehead atoms. The van der Waals surface area contributed by atoms with Gasteiger partial charge in [0.1, 0.15) is 5.82 Å². The van der Waals surface area contributed by atoms with Crippen LogP contribution in [0.4, 0.5) is 11.5 Å². The number of aromatic nitrogens is 2. The lowest BCUT2D eigenvalue weighted by Crippen LogP contribution is -2.28. The quantitative estimate of drug-likeness (QED) is 0.213. The largest absolute Gasteiger partial charge is 0.297 e. The molecule has 0 saturated heterocycles. The second kappa shape index (κ2) is 10.3. The van der Waals surface area contributed by atoms with Gasteiger partial charge in [0.2, 0.25) is 0 Å². The zero-order valence-corrected chi connectivity index (χ0v) is 24.8. The molecule has 1 aliphatic heterocycles. The molecule has 0 amide bonds. The fraction of sp³-hybridized carbons (Fsp3) is 0.0732. The number of benzene rings is 4. The van der Waals surface area contributed by atoms with Crippen LogP contribution in [0.15, 0.2) is 157 Å². The molecule has 3 heteroatoms. The highest BCUT2D eigenvalue weighted by Gasteiger charge is 2.47. The van der Waals surface area contributed by atoms with Gasteiger partial charge in [-0.25, -0.2) is 4.98 Å². The molecule has 0 radical (unpaired) electrons. The third-order valence-corrected chi connectivity index (χ3v) is 8.82. The topological polar surface area (TPSA) is 29.0 Å². The van der Waals surface area contributed by atoms with Crippen molar-refractivity contribution in [3.05, 3.63) is 174 Å². The number of anilines is 2. The van der Waals surface area contributed by atoms with Gasteiger partial charge in [0, 0.05) is 28.4 Å². The molecule has 2 aliphatic rings. The summed E-state index contributed by atoms with van der Waals surface area (Å²) >= 11 is 0. The Morgan fingerprint density at radius 1 is 0.500 bits per heavy atom. The number of rotatable bonds is 4. The maximum Gasteiger partial charge on any atom is 0.138 e. The van der Waals surface area contributed by atoms with Crippen LogP contribution in [-0.4, -0.2) is 9.97 Å². The van der Waals surface area contributed by atoms with Crippen LogP contribution in [-0.2, 0) is 0 Å². The van der Waals surface area contributed by atoms with Gasteiger partial charge in [-0.15, -0.1) is 0 Å². The van der Waals surface area contributed by atoms with Gasteiger partial charge in [0.25, 0.3) is 0 Å². The van der Waals surface area contributed by atoms with Gasteiger partial charge in [0.15, 0.2) is 0 Å². The molecule has 0 saturated carbocycles. The highest BCUT2D eigenvalue weighted by Crippen LogP contribution is 2.62. The van der Waals surface area contributed by atoms with E-state index in [1.54, 1.807) is 0 Å². The first-order chi connectivity index (χ1) is 21.6. The van der Waals surface area contributed by atoms with Crippen molar-refractivity contribution in [1.29, 1.82) is 0 Å². The Balaban J connectivity index is 1.50. The van der Waals surface area contributed by atoms with Crippen molar-refractivity contribution in [3.63, 3.8) is 0 Å². The number of allylic oxidation sites excluding steroid dienone is 3. The van der Waals surface area contributed by atoms with Crippen LogP contribution in [0.5, 0.6) is 0 Å². The molecule has 0 fully saturated rings. The van der Waals surface area contributed by atoms with Crippen molar-refractivity contribution in [3.8, 4) is 22.5 Å². The minimum absolute atomic E-state index is 0.380. The average Bonchev–Trinajstić information content (AvgIpc) is 3.24. The van der Waals surface area contributed by atoms with Gasteiger partial charge < -0.3 is 0 Å². The fourth-order valence-electron chi connectivity index (χ4n) is 7.04. The number of fused-ring (bicyclic) bond motifs is 4. The summed E-state index contributed by atoms with van der Waals surface area (Å²) in [5.74, 6) is 0.871. The lowest BCUT2D eigenvalue weighted by atomic mass is 9.78. The summed E-state index contributed by atoms with van der Waals surface area (Å²) in [5.41, 5.74) is 13.6. The summed E-state index contributed by atoms with van der Waals surface area (Å²) in [6.07, 6.45) is 1.82. The maximum atomic E-state index is 5.30. The highest BCUT2D eigenvalue weighted by molar-refractivity contribution is 6.24. The summed E-state index contributed by atoms with van der Waals surface area (Å²) in [7, 11) is 0. The summed E-state index contributed by atoms with van der Waals surface area (Å²) < 4.78 is 0. The van der Waals surface area contributed by atoms with Crippen LogP contribution in [0.2, 0.25) is 0 Å². The minimum Gasteiger partial charge on any atom is -0.297 e. The second-order valence-corrected chi connectivity index (χ2v) is 11.8. The van der Waals surface area contributed by atoms with E-state index in [1.165, 1.54) is 50.2 Å². The van der Waals surface area contributed by atoms with Crippen molar-refractivity contribution >= 4 is 28.2 Å². The number of pyridine rings is 2. The summed E-state index contributed by atoms with van der Waals surface area (Å²) in [6, 6.07) is 51.6. The number of hydrogen-bond acceptors (Lipinski definition) is 3. The minimum atomic E-state index is -0.380. The molecule has 0 unspecified atom stereocenters. The molecule has 3 heterocycles. The van der Waals surface area contributed by atoms with Gasteiger partial charge >= 0.3 is 0 Å². The van der Waals surface area contributed by atoms with Crippen molar-refractivity contribution in [2.24, 2.45) is 5.41 Å². The molecule has 44 heavy (non-hydrogen) atoms. The Hall–Kier alpha value is -5.54. The smallest absolute Gasteiger partial charge is 0.138 e. The third kappa shape index (κ3) is 4.05. The number of hydrogen-bond donors (Lipinski definition) is 0. The Morgan fingerprint density at radius 3 is 1.84 bits per heavy atom. The van der Waals surface area contributed by atoms with E-state index in [-0.39, 0.29) is 5.41 Å². The molecular weight excluding hydrogens is 534 g/mol. The summed E-state index contributed by atoms with van der Waals surface area (Å²) in [6.45, 7) is 4.74. The first-order valence-electron chi connectivity index (χ1n) is 15.1. The molecule has 210 valence electrons. The molecule has 0 atom stereocenters. The molecule has 6 aromatic rings. The maximum absolute atomic E-state index is 5.30. The van der Waals surface area contributed by atoms with E-state index >= 15 is 0 Å². The first kappa shape index (κ1) is 26.1. The molecule has 0 spiro atoms. The van der Waals surface area contributed by atoms with E-state index in [0.717, 1.165) is 22.9 Å². The van der Waals surface area contributed by atoms with Crippen molar-refractivity contribution in [2.45, 2.75) is 13.8 Å². The number of para-hydroxylation sites is 1. The molecule has 3 nitrogen and oxygen atoms in total.